The number of hydrogen-bond donors (Lipinski definition) is 2. The van der Waals surface area contributed by atoms with E-state index < -0.39 is 0 Å². The summed E-state index contributed by atoms with van der Waals surface area (Å²) < 4.78 is 1.43. The Hall–Kier alpha value is -1.96. The number of aliphatic hydroxyl groups is 1. The van der Waals surface area contributed by atoms with Crippen molar-refractivity contribution in [2.24, 2.45) is 5.92 Å². The summed E-state index contributed by atoms with van der Waals surface area (Å²) in [5.41, 5.74) is 0. The zero-order valence-electron chi connectivity index (χ0n) is 12.4. The smallest absolute Gasteiger partial charge is 0.244 e. The van der Waals surface area contributed by atoms with Gasteiger partial charge >= 0.3 is 0 Å². The van der Waals surface area contributed by atoms with Gasteiger partial charge < -0.3 is 15.3 Å². The summed E-state index contributed by atoms with van der Waals surface area (Å²) in [6, 6.07) is 0. The quantitative estimate of drug-likeness (QED) is 0.815. The highest BCUT2D eigenvalue weighted by Crippen LogP contribution is 2.27. The predicted molar refractivity (Wildman–Crippen MR) is 77.8 cm³/mol. The van der Waals surface area contributed by atoms with Crippen LogP contribution in [0.25, 0.3) is 0 Å². The van der Waals surface area contributed by atoms with Crippen molar-refractivity contribution in [3.8, 4) is 0 Å². The summed E-state index contributed by atoms with van der Waals surface area (Å²) in [6.45, 7) is 1.24. The molecule has 2 N–H and O–H groups in total. The summed E-state index contributed by atoms with van der Waals surface area (Å²) in [5, 5.41) is 19.9. The SMILES string of the molecule is O=C(Nc1cn(CC(=O)N2CCC(O)CC2)nn1)C1CCC1. The van der Waals surface area contributed by atoms with E-state index in [9.17, 15) is 14.7 Å². The van der Waals surface area contributed by atoms with E-state index in [-0.39, 0.29) is 30.4 Å². The zero-order valence-corrected chi connectivity index (χ0v) is 12.4. The summed E-state index contributed by atoms with van der Waals surface area (Å²) >= 11 is 0. The summed E-state index contributed by atoms with van der Waals surface area (Å²) in [4.78, 5) is 25.7. The van der Waals surface area contributed by atoms with Gasteiger partial charge in [0, 0.05) is 19.0 Å². The van der Waals surface area contributed by atoms with Gasteiger partial charge in [0.1, 0.15) is 6.54 Å². The number of amides is 2. The monoisotopic (exact) mass is 307 g/mol. The number of carbonyl (C=O) groups excluding carboxylic acids is 2. The normalized spacial score (nSPS) is 19.8. The lowest BCUT2D eigenvalue weighted by Gasteiger charge is -2.29. The second kappa shape index (κ2) is 6.43. The molecule has 8 heteroatoms. The highest BCUT2D eigenvalue weighted by molar-refractivity contribution is 5.92. The number of aromatic nitrogens is 3. The van der Waals surface area contributed by atoms with Crippen LogP contribution < -0.4 is 5.32 Å². The van der Waals surface area contributed by atoms with E-state index in [1.807, 2.05) is 0 Å². The van der Waals surface area contributed by atoms with E-state index >= 15 is 0 Å². The van der Waals surface area contributed by atoms with Crippen molar-refractivity contribution < 1.29 is 14.7 Å². The number of hydrogen-bond acceptors (Lipinski definition) is 5. The van der Waals surface area contributed by atoms with E-state index in [1.165, 1.54) is 4.68 Å². The van der Waals surface area contributed by atoms with Gasteiger partial charge in [-0.15, -0.1) is 5.10 Å². The van der Waals surface area contributed by atoms with Crippen LogP contribution in [0, 0.1) is 5.92 Å². The number of nitrogens with zero attached hydrogens (tertiary/aromatic N) is 4. The standard InChI is InChI=1S/C14H21N5O3/c20-11-4-6-18(7-5-11)13(21)9-19-8-12(16-17-19)15-14(22)10-2-1-3-10/h8,10-11,20H,1-7,9H2,(H,15,22). The third-order valence-electron chi connectivity index (χ3n) is 4.38. The molecule has 120 valence electrons. The third-order valence-corrected chi connectivity index (χ3v) is 4.38. The van der Waals surface area contributed by atoms with E-state index in [0.29, 0.717) is 31.7 Å². The molecule has 1 aliphatic carbocycles. The Labute approximate surface area is 128 Å². The number of nitrogens with one attached hydrogen (secondary N) is 1. The van der Waals surface area contributed by atoms with Crippen LogP contribution in [0.15, 0.2) is 6.20 Å². The van der Waals surface area contributed by atoms with Crippen molar-refractivity contribution in [3.63, 3.8) is 0 Å². The van der Waals surface area contributed by atoms with Crippen molar-refractivity contribution in [1.29, 1.82) is 0 Å². The Morgan fingerprint density at radius 3 is 2.64 bits per heavy atom. The van der Waals surface area contributed by atoms with Gasteiger partial charge in [-0.05, 0) is 25.7 Å². The van der Waals surface area contributed by atoms with Crippen LogP contribution in [0.4, 0.5) is 5.82 Å². The lowest BCUT2D eigenvalue weighted by atomic mass is 9.85. The molecule has 0 spiro atoms. The third kappa shape index (κ3) is 3.44. The first-order valence-corrected chi connectivity index (χ1v) is 7.78. The average Bonchev–Trinajstić information content (AvgIpc) is 2.84. The van der Waals surface area contributed by atoms with Crippen molar-refractivity contribution in [2.75, 3.05) is 18.4 Å². The maximum Gasteiger partial charge on any atom is 0.244 e. The molecule has 0 unspecified atom stereocenters. The minimum absolute atomic E-state index is 0.0188. The van der Waals surface area contributed by atoms with Gasteiger partial charge in [-0.1, -0.05) is 11.6 Å². The lowest BCUT2D eigenvalue weighted by Crippen LogP contribution is -2.41. The number of likely N-dealkylation sites (tertiary alicyclic amines) is 1. The molecule has 2 amide bonds. The summed E-state index contributed by atoms with van der Waals surface area (Å²) in [5.74, 6) is 0.411. The van der Waals surface area contributed by atoms with Crippen molar-refractivity contribution in [1.82, 2.24) is 19.9 Å². The molecule has 0 radical (unpaired) electrons. The zero-order chi connectivity index (χ0) is 15.5. The topological polar surface area (TPSA) is 100 Å². The van der Waals surface area contributed by atoms with E-state index in [2.05, 4.69) is 15.6 Å². The molecule has 0 atom stereocenters. The maximum atomic E-state index is 12.1. The average molecular weight is 307 g/mol. The minimum atomic E-state index is -0.302. The van der Waals surface area contributed by atoms with Gasteiger partial charge in [0.2, 0.25) is 11.8 Å². The van der Waals surface area contributed by atoms with Crippen molar-refractivity contribution in [3.05, 3.63) is 6.20 Å². The van der Waals surface area contributed by atoms with Gasteiger partial charge in [-0.2, -0.15) is 0 Å². The van der Waals surface area contributed by atoms with Crippen LogP contribution in [-0.4, -0.2) is 56.0 Å². The molecule has 0 aromatic carbocycles. The molecule has 1 aliphatic heterocycles. The minimum Gasteiger partial charge on any atom is -0.393 e. The fourth-order valence-electron chi connectivity index (χ4n) is 2.69. The predicted octanol–water partition coefficient (Wildman–Crippen LogP) is -0.000000000000000666. The second-order valence-electron chi connectivity index (χ2n) is 6.03. The summed E-state index contributed by atoms with van der Waals surface area (Å²) in [7, 11) is 0. The second-order valence-corrected chi connectivity index (χ2v) is 6.03. The number of anilines is 1. The van der Waals surface area contributed by atoms with Crippen LogP contribution in [0.3, 0.4) is 0 Å². The fourth-order valence-corrected chi connectivity index (χ4v) is 2.69. The molecule has 1 aromatic rings. The van der Waals surface area contributed by atoms with Crippen LogP contribution in [0.1, 0.15) is 32.1 Å². The van der Waals surface area contributed by atoms with Crippen molar-refractivity contribution >= 4 is 17.6 Å². The highest BCUT2D eigenvalue weighted by Gasteiger charge is 2.26. The number of carbonyl (C=O) groups is 2. The first-order valence-electron chi connectivity index (χ1n) is 7.78. The number of piperidine rings is 1. The van der Waals surface area contributed by atoms with Gasteiger partial charge in [0.05, 0.1) is 12.3 Å². The molecular weight excluding hydrogens is 286 g/mol. The summed E-state index contributed by atoms with van der Waals surface area (Å²) in [6.07, 6.45) is 5.47. The largest absolute Gasteiger partial charge is 0.393 e. The molecule has 8 nitrogen and oxygen atoms in total. The number of aliphatic hydroxyl groups excluding tert-OH is 1. The van der Waals surface area contributed by atoms with E-state index in [1.54, 1.807) is 11.1 Å². The molecule has 1 aromatic heterocycles. The van der Waals surface area contributed by atoms with Crippen LogP contribution in [0.5, 0.6) is 0 Å². The van der Waals surface area contributed by atoms with Gasteiger partial charge in [0.25, 0.3) is 0 Å². The van der Waals surface area contributed by atoms with Gasteiger partial charge in [0.15, 0.2) is 5.82 Å². The van der Waals surface area contributed by atoms with Gasteiger partial charge in [-0.3, -0.25) is 9.59 Å². The highest BCUT2D eigenvalue weighted by atomic mass is 16.3. The molecule has 3 rings (SSSR count). The fraction of sp³-hybridized carbons (Fsp3) is 0.714. The number of rotatable bonds is 4. The van der Waals surface area contributed by atoms with Gasteiger partial charge in [-0.25, -0.2) is 4.68 Å². The first-order chi connectivity index (χ1) is 10.6. The molecule has 1 saturated carbocycles. The molecule has 0 bridgehead atoms. The molecule has 2 heterocycles. The molecule has 2 fully saturated rings. The Morgan fingerprint density at radius 2 is 2.00 bits per heavy atom. The van der Waals surface area contributed by atoms with Crippen LogP contribution in [-0.2, 0) is 16.1 Å². The maximum absolute atomic E-state index is 12.1. The molecule has 2 aliphatic rings. The van der Waals surface area contributed by atoms with Crippen molar-refractivity contribution in [2.45, 2.75) is 44.8 Å². The lowest BCUT2D eigenvalue weighted by molar-refractivity contribution is -0.134. The molecular formula is C14H21N5O3. The van der Waals surface area contributed by atoms with E-state index in [0.717, 1.165) is 19.3 Å². The Morgan fingerprint density at radius 1 is 1.27 bits per heavy atom. The van der Waals surface area contributed by atoms with E-state index in [4.69, 9.17) is 0 Å². The molecule has 1 saturated heterocycles. The van der Waals surface area contributed by atoms with Crippen LogP contribution >= 0.6 is 0 Å². The Kier molecular flexibility index (Phi) is 4.37. The first kappa shape index (κ1) is 15.0. The van der Waals surface area contributed by atoms with Crippen LogP contribution in [0.2, 0.25) is 0 Å². The molecule has 22 heavy (non-hydrogen) atoms. The Balaban J connectivity index is 1.50. The Bertz CT molecular complexity index is 546.